The highest BCUT2D eigenvalue weighted by Gasteiger charge is 2.08. The van der Waals surface area contributed by atoms with E-state index in [1.165, 1.54) is 17.7 Å². The molecule has 102 valence electrons. The lowest BCUT2D eigenvalue weighted by Gasteiger charge is -2.18. The van der Waals surface area contributed by atoms with Crippen LogP contribution in [0.2, 0.25) is 0 Å². The third kappa shape index (κ3) is 5.32. The summed E-state index contributed by atoms with van der Waals surface area (Å²) in [4.78, 5) is 1.27. The first-order chi connectivity index (χ1) is 8.69. The van der Waals surface area contributed by atoms with Crippen LogP contribution in [0.3, 0.4) is 0 Å². The maximum absolute atomic E-state index is 5.24. The van der Waals surface area contributed by atoms with Gasteiger partial charge >= 0.3 is 0 Å². The molecule has 0 fully saturated rings. The van der Waals surface area contributed by atoms with Crippen molar-refractivity contribution in [3.05, 3.63) is 24.3 Å². The number of hydrogen-bond donors (Lipinski definition) is 1. The molecule has 1 rings (SSSR count). The van der Waals surface area contributed by atoms with Crippen molar-refractivity contribution in [1.29, 1.82) is 0 Å². The molecule has 0 aliphatic rings. The fourth-order valence-corrected chi connectivity index (χ4v) is 2.84. The van der Waals surface area contributed by atoms with Gasteiger partial charge in [-0.25, -0.2) is 0 Å². The molecule has 0 saturated heterocycles. The summed E-state index contributed by atoms with van der Waals surface area (Å²) in [6.07, 6.45) is 2.40. The second-order valence-electron chi connectivity index (χ2n) is 4.53. The average Bonchev–Trinajstić information content (AvgIpc) is 2.40. The predicted octanol–water partition coefficient (Wildman–Crippen LogP) is 3.95. The van der Waals surface area contributed by atoms with Crippen molar-refractivity contribution in [2.24, 2.45) is 0 Å². The monoisotopic (exact) mass is 267 g/mol. The number of rotatable bonds is 8. The highest BCUT2D eigenvalue weighted by Crippen LogP contribution is 2.26. The third-order valence-electron chi connectivity index (χ3n) is 3.06. The van der Waals surface area contributed by atoms with Gasteiger partial charge in [-0.05, 0) is 31.0 Å². The minimum atomic E-state index is 0.567. The van der Waals surface area contributed by atoms with E-state index < -0.39 is 0 Å². The van der Waals surface area contributed by atoms with Crippen molar-refractivity contribution < 1.29 is 4.74 Å². The van der Waals surface area contributed by atoms with Crippen LogP contribution in [0, 0.1) is 0 Å². The summed E-state index contributed by atoms with van der Waals surface area (Å²) in [6.45, 7) is 7.79. The van der Waals surface area contributed by atoms with Crippen molar-refractivity contribution >= 4 is 11.8 Å². The van der Waals surface area contributed by atoms with Gasteiger partial charge in [0.1, 0.15) is 5.75 Å². The third-order valence-corrected chi connectivity index (χ3v) is 4.15. The van der Waals surface area contributed by atoms with Gasteiger partial charge in [0.05, 0.1) is 7.11 Å². The van der Waals surface area contributed by atoms with Gasteiger partial charge < -0.3 is 10.1 Å². The highest BCUT2D eigenvalue weighted by atomic mass is 32.2. The molecule has 2 nitrogen and oxygen atoms in total. The molecule has 1 aromatic rings. The normalized spacial score (nSPS) is 12.7. The first kappa shape index (κ1) is 15.4. The number of nitrogens with one attached hydrogen (secondary N) is 1. The largest absolute Gasteiger partial charge is 0.497 e. The highest BCUT2D eigenvalue weighted by molar-refractivity contribution is 8.00. The van der Waals surface area contributed by atoms with Crippen LogP contribution in [-0.4, -0.2) is 24.9 Å². The second kappa shape index (κ2) is 8.44. The van der Waals surface area contributed by atoms with E-state index in [2.05, 4.69) is 38.2 Å². The molecule has 0 heterocycles. The average molecular weight is 267 g/mol. The van der Waals surface area contributed by atoms with Crippen molar-refractivity contribution in [1.82, 2.24) is 5.32 Å². The maximum atomic E-state index is 5.24. The molecule has 0 amide bonds. The van der Waals surface area contributed by atoms with Crippen LogP contribution in [0.25, 0.3) is 0 Å². The Labute approximate surface area is 116 Å². The van der Waals surface area contributed by atoms with Crippen molar-refractivity contribution in [3.63, 3.8) is 0 Å². The number of methoxy groups -OCH3 is 1. The maximum Gasteiger partial charge on any atom is 0.119 e. The fourth-order valence-electron chi connectivity index (χ4n) is 1.86. The minimum Gasteiger partial charge on any atom is -0.497 e. The Balaban J connectivity index is 2.41. The van der Waals surface area contributed by atoms with Crippen molar-refractivity contribution in [2.75, 3.05) is 13.7 Å². The molecule has 0 aromatic heterocycles. The van der Waals surface area contributed by atoms with Gasteiger partial charge in [-0.2, -0.15) is 0 Å². The summed E-state index contributed by atoms with van der Waals surface area (Å²) in [5.41, 5.74) is 0. The van der Waals surface area contributed by atoms with Gasteiger partial charge in [0, 0.05) is 22.7 Å². The summed E-state index contributed by atoms with van der Waals surface area (Å²) < 4.78 is 5.24. The van der Waals surface area contributed by atoms with Crippen LogP contribution in [0.15, 0.2) is 29.2 Å². The van der Waals surface area contributed by atoms with Crippen LogP contribution < -0.4 is 10.1 Å². The molecule has 18 heavy (non-hydrogen) atoms. The van der Waals surface area contributed by atoms with Crippen LogP contribution in [0.1, 0.15) is 33.6 Å². The second-order valence-corrected chi connectivity index (χ2v) is 6.04. The number of ether oxygens (including phenoxy) is 1. The number of hydrogen-bond acceptors (Lipinski definition) is 3. The lowest BCUT2D eigenvalue weighted by Crippen LogP contribution is -2.32. The van der Waals surface area contributed by atoms with E-state index in [0.717, 1.165) is 12.3 Å². The molecule has 3 heteroatoms. The zero-order valence-corrected chi connectivity index (χ0v) is 12.7. The number of thioether (sulfide) groups is 1. The molecular formula is C15H25NOS. The van der Waals surface area contributed by atoms with Gasteiger partial charge in [-0.15, -0.1) is 11.8 Å². The Bertz CT molecular complexity index is 339. The predicted molar refractivity (Wildman–Crippen MR) is 80.7 cm³/mol. The van der Waals surface area contributed by atoms with Crippen LogP contribution >= 0.6 is 11.8 Å². The SMILES string of the molecule is CCC(CC)NCC(C)Sc1cccc(OC)c1. The molecule has 1 atom stereocenters. The minimum absolute atomic E-state index is 0.567. The first-order valence-corrected chi connectivity index (χ1v) is 7.61. The van der Waals surface area contributed by atoms with E-state index in [1.54, 1.807) is 7.11 Å². The van der Waals surface area contributed by atoms with Crippen LogP contribution in [0.4, 0.5) is 0 Å². The van der Waals surface area contributed by atoms with E-state index in [9.17, 15) is 0 Å². The zero-order valence-electron chi connectivity index (χ0n) is 11.9. The van der Waals surface area contributed by atoms with Gasteiger partial charge in [0.15, 0.2) is 0 Å². The van der Waals surface area contributed by atoms with Crippen molar-refractivity contribution in [3.8, 4) is 5.75 Å². The summed E-state index contributed by atoms with van der Waals surface area (Å²) in [5.74, 6) is 0.931. The lowest BCUT2D eigenvalue weighted by molar-refractivity contribution is 0.413. The lowest BCUT2D eigenvalue weighted by atomic mass is 10.2. The summed E-state index contributed by atoms with van der Waals surface area (Å²) in [5, 5.41) is 4.18. The summed E-state index contributed by atoms with van der Waals surface area (Å²) in [6, 6.07) is 8.91. The van der Waals surface area contributed by atoms with Gasteiger partial charge in [-0.1, -0.05) is 26.8 Å². The first-order valence-electron chi connectivity index (χ1n) is 6.73. The Morgan fingerprint density at radius 1 is 1.28 bits per heavy atom. The molecule has 0 aliphatic carbocycles. The van der Waals surface area contributed by atoms with Gasteiger partial charge in [0.25, 0.3) is 0 Å². The van der Waals surface area contributed by atoms with E-state index in [-0.39, 0.29) is 0 Å². The number of benzene rings is 1. The van der Waals surface area contributed by atoms with E-state index in [0.29, 0.717) is 11.3 Å². The molecule has 0 aliphatic heterocycles. The van der Waals surface area contributed by atoms with E-state index in [4.69, 9.17) is 4.74 Å². The fraction of sp³-hybridized carbons (Fsp3) is 0.600. The molecule has 0 radical (unpaired) electrons. The molecular weight excluding hydrogens is 242 g/mol. The van der Waals surface area contributed by atoms with E-state index >= 15 is 0 Å². The van der Waals surface area contributed by atoms with Crippen molar-refractivity contribution in [2.45, 2.75) is 49.8 Å². The Morgan fingerprint density at radius 2 is 2.00 bits per heavy atom. The Kier molecular flexibility index (Phi) is 7.21. The summed E-state index contributed by atoms with van der Waals surface area (Å²) >= 11 is 1.89. The topological polar surface area (TPSA) is 21.3 Å². The quantitative estimate of drug-likeness (QED) is 0.721. The van der Waals surface area contributed by atoms with Crippen LogP contribution in [-0.2, 0) is 0 Å². The smallest absolute Gasteiger partial charge is 0.119 e. The molecule has 1 aromatic carbocycles. The van der Waals surface area contributed by atoms with E-state index in [1.807, 2.05) is 23.9 Å². The standard InChI is InChI=1S/C15H25NOS/c1-5-13(6-2)16-11-12(3)18-15-9-7-8-14(10-15)17-4/h7-10,12-13,16H,5-6,11H2,1-4H3. The Morgan fingerprint density at radius 3 is 2.61 bits per heavy atom. The van der Waals surface area contributed by atoms with Gasteiger partial charge in [0.2, 0.25) is 0 Å². The zero-order chi connectivity index (χ0) is 13.4. The van der Waals surface area contributed by atoms with Gasteiger partial charge in [-0.3, -0.25) is 0 Å². The Hall–Kier alpha value is -0.670. The molecule has 0 spiro atoms. The molecule has 0 saturated carbocycles. The molecule has 0 bridgehead atoms. The van der Waals surface area contributed by atoms with Crippen LogP contribution in [0.5, 0.6) is 5.75 Å². The molecule has 1 unspecified atom stereocenters. The molecule has 1 N–H and O–H groups in total. The summed E-state index contributed by atoms with van der Waals surface area (Å²) in [7, 11) is 1.71.